The van der Waals surface area contributed by atoms with Gasteiger partial charge in [0, 0.05) is 51.1 Å². The van der Waals surface area contributed by atoms with Crippen molar-refractivity contribution in [3.8, 4) is 11.4 Å². The number of nitrogens with zero attached hydrogens (tertiary/aromatic N) is 6. The van der Waals surface area contributed by atoms with E-state index in [9.17, 15) is 0 Å². The predicted molar refractivity (Wildman–Crippen MR) is 107 cm³/mol. The molecule has 0 amide bonds. The molecule has 0 bridgehead atoms. The minimum Gasteiger partial charge on any atom is -0.378 e. The molecule has 5 heterocycles. The molecule has 0 radical (unpaired) electrons. The zero-order valence-corrected chi connectivity index (χ0v) is 16.5. The molecule has 1 atom stereocenters. The first kappa shape index (κ1) is 18.5. The van der Waals surface area contributed by atoms with E-state index < -0.39 is 0 Å². The van der Waals surface area contributed by atoms with Gasteiger partial charge in [-0.2, -0.15) is 0 Å². The highest BCUT2D eigenvalue weighted by Gasteiger charge is 2.37. The third-order valence-electron chi connectivity index (χ3n) is 5.50. The van der Waals surface area contributed by atoms with Crippen LogP contribution in [-0.4, -0.2) is 85.9 Å². The maximum absolute atomic E-state index is 5.70. The van der Waals surface area contributed by atoms with Crippen molar-refractivity contribution in [2.75, 3.05) is 75.0 Å². The highest BCUT2D eigenvalue weighted by Crippen LogP contribution is 2.39. The lowest BCUT2D eigenvalue weighted by atomic mass is 10.1. The Morgan fingerprint density at radius 2 is 1.83 bits per heavy atom. The van der Waals surface area contributed by atoms with E-state index in [1.165, 1.54) is 5.56 Å². The molecule has 0 spiro atoms. The summed E-state index contributed by atoms with van der Waals surface area (Å²) < 4.78 is 16.2. The average molecular weight is 399 g/mol. The van der Waals surface area contributed by atoms with E-state index in [1.807, 2.05) is 0 Å². The van der Waals surface area contributed by atoms with E-state index in [1.54, 1.807) is 19.5 Å². The van der Waals surface area contributed by atoms with E-state index in [0.29, 0.717) is 37.8 Å². The van der Waals surface area contributed by atoms with Crippen LogP contribution in [-0.2, 0) is 20.6 Å². The van der Waals surface area contributed by atoms with Crippen LogP contribution in [0.1, 0.15) is 5.56 Å². The van der Waals surface area contributed by atoms with Crippen LogP contribution >= 0.6 is 0 Å². The van der Waals surface area contributed by atoms with Crippen LogP contribution in [0.5, 0.6) is 0 Å². The minimum atomic E-state index is 0.333. The maximum Gasteiger partial charge on any atom is 0.224 e. The van der Waals surface area contributed by atoms with Crippen LogP contribution in [0.4, 0.5) is 17.6 Å². The molecule has 1 N–H and O–H groups in total. The van der Waals surface area contributed by atoms with Crippen molar-refractivity contribution >= 4 is 17.6 Å². The molecule has 10 heteroatoms. The van der Waals surface area contributed by atoms with Crippen molar-refractivity contribution in [2.24, 2.45) is 0 Å². The SMILES string of the molecule is COCNc1ncc(-c2nc(N3CCOCC3)c3c(n2)N2CCOCC2C3)cn1. The standard InChI is InChI=1S/C19H25N7O3/c1-27-12-22-19-20-9-13(10-21-19)16-23-17(25-2-5-28-6-3-25)15-8-14-11-29-7-4-26(14)18(15)24-16/h9-10,14H,2-8,11-12H2,1H3,(H,20,21,22). The van der Waals surface area contributed by atoms with Gasteiger partial charge in [0.15, 0.2) is 5.82 Å². The molecule has 29 heavy (non-hydrogen) atoms. The summed E-state index contributed by atoms with van der Waals surface area (Å²) in [5.41, 5.74) is 2.01. The number of nitrogens with one attached hydrogen (secondary N) is 1. The fourth-order valence-electron chi connectivity index (χ4n) is 4.06. The first-order valence-electron chi connectivity index (χ1n) is 9.96. The summed E-state index contributed by atoms with van der Waals surface area (Å²) in [5.74, 6) is 3.18. The number of fused-ring (bicyclic) bond motifs is 3. The topological polar surface area (TPSA) is 97.8 Å². The molecule has 2 aromatic heterocycles. The number of methoxy groups -OCH3 is 1. The number of morpholine rings is 2. The fourth-order valence-corrected chi connectivity index (χ4v) is 4.06. The summed E-state index contributed by atoms with van der Waals surface area (Å²) >= 11 is 0. The first-order valence-corrected chi connectivity index (χ1v) is 9.96. The molecule has 0 aromatic carbocycles. The molecule has 3 aliphatic heterocycles. The van der Waals surface area contributed by atoms with Crippen LogP contribution in [0.2, 0.25) is 0 Å². The highest BCUT2D eigenvalue weighted by molar-refractivity contribution is 5.70. The summed E-state index contributed by atoms with van der Waals surface area (Å²) in [6, 6.07) is 0.333. The summed E-state index contributed by atoms with van der Waals surface area (Å²) in [6.45, 7) is 5.77. The van der Waals surface area contributed by atoms with E-state index in [0.717, 1.165) is 56.5 Å². The molecular weight excluding hydrogens is 374 g/mol. The Kier molecular flexibility index (Phi) is 5.13. The van der Waals surface area contributed by atoms with Gasteiger partial charge in [-0.05, 0) is 0 Å². The van der Waals surface area contributed by atoms with Gasteiger partial charge in [0.1, 0.15) is 18.4 Å². The smallest absolute Gasteiger partial charge is 0.224 e. The van der Waals surface area contributed by atoms with Crippen molar-refractivity contribution in [2.45, 2.75) is 12.5 Å². The van der Waals surface area contributed by atoms with Gasteiger partial charge in [0.25, 0.3) is 0 Å². The van der Waals surface area contributed by atoms with E-state index in [4.69, 9.17) is 24.2 Å². The van der Waals surface area contributed by atoms with E-state index in [2.05, 4.69) is 25.1 Å². The van der Waals surface area contributed by atoms with Crippen molar-refractivity contribution in [1.82, 2.24) is 19.9 Å². The van der Waals surface area contributed by atoms with Crippen LogP contribution in [0.3, 0.4) is 0 Å². The van der Waals surface area contributed by atoms with Crippen LogP contribution in [0, 0.1) is 0 Å². The van der Waals surface area contributed by atoms with Crippen LogP contribution in [0.15, 0.2) is 12.4 Å². The maximum atomic E-state index is 5.70. The fraction of sp³-hybridized carbons (Fsp3) is 0.579. The molecule has 2 aromatic rings. The van der Waals surface area contributed by atoms with Crippen molar-refractivity contribution in [3.05, 3.63) is 18.0 Å². The van der Waals surface area contributed by atoms with Crippen molar-refractivity contribution < 1.29 is 14.2 Å². The number of ether oxygens (including phenoxy) is 3. The number of hydrogen-bond acceptors (Lipinski definition) is 10. The molecule has 1 unspecified atom stereocenters. The van der Waals surface area contributed by atoms with E-state index >= 15 is 0 Å². The summed E-state index contributed by atoms with van der Waals surface area (Å²) in [6.07, 6.45) is 4.42. The summed E-state index contributed by atoms with van der Waals surface area (Å²) in [4.78, 5) is 23.3. The quantitative estimate of drug-likeness (QED) is 0.718. The van der Waals surface area contributed by atoms with Gasteiger partial charge in [0.05, 0.1) is 38.0 Å². The Labute approximate surface area is 169 Å². The molecule has 2 fully saturated rings. The second-order valence-electron chi connectivity index (χ2n) is 7.30. The summed E-state index contributed by atoms with van der Waals surface area (Å²) in [7, 11) is 1.62. The Bertz CT molecular complexity index is 858. The summed E-state index contributed by atoms with van der Waals surface area (Å²) in [5, 5.41) is 2.99. The lowest BCUT2D eigenvalue weighted by Crippen LogP contribution is -2.43. The van der Waals surface area contributed by atoms with Crippen LogP contribution in [0.25, 0.3) is 11.4 Å². The Hall–Kier alpha value is -2.56. The molecule has 154 valence electrons. The van der Waals surface area contributed by atoms with Gasteiger partial charge in [-0.1, -0.05) is 0 Å². The van der Waals surface area contributed by atoms with Gasteiger partial charge < -0.3 is 29.3 Å². The minimum absolute atomic E-state index is 0.333. The average Bonchev–Trinajstić information content (AvgIpc) is 3.17. The number of aromatic nitrogens is 4. The largest absolute Gasteiger partial charge is 0.378 e. The van der Waals surface area contributed by atoms with Gasteiger partial charge in [0.2, 0.25) is 5.95 Å². The van der Waals surface area contributed by atoms with Gasteiger partial charge >= 0.3 is 0 Å². The number of hydrogen-bond donors (Lipinski definition) is 1. The Morgan fingerprint density at radius 1 is 1.07 bits per heavy atom. The van der Waals surface area contributed by atoms with Crippen molar-refractivity contribution in [1.29, 1.82) is 0 Å². The van der Waals surface area contributed by atoms with Gasteiger partial charge in [-0.3, -0.25) is 0 Å². The van der Waals surface area contributed by atoms with E-state index in [-0.39, 0.29) is 0 Å². The van der Waals surface area contributed by atoms with Gasteiger partial charge in [-0.15, -0.1) is 0 Å². The van der Waals surface area contributed by atoms with Crippen LogP contribution < -0.4 is 15.1 Å². The molecule has 0 saturated carbocycles. The second-order valence-corrected chi connectivity index (χ2v) is 7.30. The Balaban J connectivity index is 1.52. The zero-order chi connectivity index (χ0) is 19.6. The number of anilines is 3. The molecule has 10 nitrogen and oxygen atoms in total. The molecule has 0 aliphatic carbocycles. The number of rotatable bonds is 5. The molecular formula is C19H25N7O3. The monoisotopic (exact) mass is 399 g/mol. The third-order valence-corrected chi connectivity index (χ3v) is 5.50. The molecule has 3 aliphatic rings. The Morgan fingerprint density at radius 3 is 2.62 bits per heavy atom. The third kappa shape index (κ3) is 3.59. The van der Waals surface area contributed by atoms with Crippen molar-refractivity contribution in [3.63, 3.8) is 0 Å². The molecule has 2 saturated heterocycles. The highest BCUT2D eigenvalue weighted by atomic mass is 16.5. The lowest BCUT2D eigenvalue weighted by molar-refractivity contribution is 0.0973. The predicted octanol–water partition coefficient (Wildman–Crippen LogP) is 0.547. The lowest BCUT2D eigenvalue weighted by Gasteiger charge is -2.31. The second kappa shape index (κ2) is 8.05. The molecule has 5 rings (SSSR count). The zero-order valence-electron chi connectivity index (χ0n) is 16.5. The normalized spacial score (nSPS) is 21.1. The first-order chi connectivity index (χ1) is 14.3. The van der Waals surface area contributed by atoms with Gasteiger partial charge in [-0.25, -0.2) is 19.9 Å².